The molecular weight excluding hydrogens is 286 g/mol. The van der Waals surface area contributed by atoms with Gasteiger partial charge < -0.3 is 14.8 Å². The first-order valence-corrected chi connectivity index (χ1v) is 6.30. The summed E-state index contributed by atoms with van der Waals surface area (Å²) in [6.45, 7) is 2.26. The smallest absolute Gasteiger partial charge is 0.244 e. The molecule has 0 aromatic carbocycles. The van der Waals surface area contributed by atoms with Crippen LogP contribution in [0.1, 0.15) is 25.5 Å². The van der Waals surface area contributed by atoms with Crippen molar-refractivity contribution in [2.24, 2.45) is 0 Å². The second kappa shape index (κ2) is 7.29. The van der Waals surface area contributed by atoms with Crippen molar-refractivity contribution in [1.82, 2.24) is 5.32 Å². The molecule has 1 amide bonds. The van der Waals surface area contributed by atoms with E-state index in [0.29, 0.717) is 16.9 Å². The molecule has 1 heterocycles. The molecule has 17 heavy (non-hydrogen) atoms. The van der Waals surface area contributed by atoms with E-state index in [4.69, 9.17) is 4.42 Å². The van der Waals surface area contributed by atoms with E-state index in [-0.39, 0.29) is 12.5 Å². The number of halogens is 1. The topological polar surface area (TPSA) is 62.5 Å². The van der Waals surface area contributed by atoms with Crippen molar-refractivity contribution < 1.29 is 14.3 Å². The van der Waals surface area contributed by atoms with Crippen molar-refractivity contribution in [3.63, 3.8) is 0 Å². The molecule has 4 nitrogen and oxygen atoms in total. The van der Waals surface area contributed by atoms with Gasteiger partial charge in [-0.25, -0.2) is 0 Å². The number of amides is 1. The van der Waals surface area contributed by atoms with Gasteiger partial charge in [0.2, 0.25) is 5.91 Å². The zero-order valence-electron chi connectivity index (χ0n) is 9.65. The third kappa shape index (κ3) is 5.70. The molecule has 94 valence electrons. The Hall–Kier alpha value is -1.07. The summed E-state index contributed by atoms with van der Waals surface area (Å²) in [5.41, 5.74) is 0. The van der Waals surface area contributed by atoms with Gasteiger partial charge in [0.05, 0.1) is 6.10 Å². The fraction of sp³-hybridized carbons (Fsp3) is 0.417. The fourth-order valence-electron chi connectivity index (χ4n) is 1.29. The summed E-state index contributed by atoms with van der Waals surface area (Å²) >= 11 is 3.17. The molecule has 0 aliphatic heterocycles. The van der Waals surface area contributed by atoms with Crippen LogP contribution in [0.25, 0.3) is 6.08 Å². The maximum Gasteiger partial charge on any atom is 0.244 e. The third-order valence-corrected chi connectivity index (χ3v) is 2.55. The Morgan fingerprint density at radius 1 is 1.65 bits per heavy atom. The van der Waals surface area contributed by atoms with Gasteiger partial charge >= 0.3 is 0 Å². The lowest BCUT2D eigenvalue weighted by atomic mass is 10.2. The minimum atomic E-state index is -0.477. The summed E-state index contributed by atoms with van der Waals surface area (Å²) in [5, 5.41) is 12.0. The number of aliphatic hydroxyl groups is 1. The van der Waals surface area contributed by atoms with Crippen LogP contribution in [0.15, 0.2) is 27.3 Å². The second-order valence-electron chi connectivity index (χ2n) is 3.66. The molecule has 2 N–H and O–H groups in total. The van der Waals surface area contributed by atoms with Crippen molar-refractivity contribution in [3.8, 4) is 0 Å². The summed E-state index contributed by atoms with van der Waals surface area (Å²) in [6, 6.07) is 3.50. The lowest BCUT2D eigenvalue weighted by Crippen LogP contribution is -2.30. The van der Waals surface area contributed by atoms with Gasteiger partial charge in [-0.2, -0.15) is 0 Å². The summed E-state index contributed by atoms with van der Waals surface area (Å²) in [6.07, 6.45) is 4.06. The molecule has 0 saturated heterocycles. The molecule has 1 aromatic rings. The second-order valence-corrected chi connectivity index (χ2v) is 4.44. The molecule has 0 aliphatic carbocycles. The van der Waals surface area contributed by atoms with Crippen molar-refractivity contribution in [2.75, 3.05) is 6.54 Å². The van der Waals surface area contributed by atoms with Crippen molar-refractivity contribution in [2.45, 2.75) is 25.9 Å². The van der Waals surface area contributed by atoms with Crippen LogP contribution in [0, 0.1) is 0 Å². The largest absolute Gasteiger partial charge is 0.450 e. The number of rotatable bonds is 6. The maximum absolute atomic E-state index is 11.4. The van der Waals surface area contributed by atoms with Gasteiger partial charge in [-0.3, -0.25) is 4.79 Å². The van der Waals surface area contributed by atoms with Crippen LogP contribution in [-0.4, -0.2) is 23.7 Å². The normalized spacial score (nSPS) is 12.9. The van der Waals surface area contributed by atoms with Gasteiger partial charge in [0.15, 0.2) is 4.67 Å². The molecule has 1 aromatic heterocycles. The molecule has 0 radical (unpaired) electrons. The van der Waals surface area contributed by atoms with Crippen molar-refractivity contribution in [1.29, 1.82) is 0 Å². The number of hydrogen-bond donors (Lipinski definition) is 2. The predicted octanol–water partition coefficient (Wildman–Crippen LogP) is 2.33. The zero-order valence-corrected chi connectivity index (χ0v) is 11.2. The number of carbonyl (C=O) groups is 1. The van der Waals surface area contributed by atoms with Gasteiger partial charge in [-0.15, -0.1) is 0 Å². The quantitative estimate of drug-likeness (QED) is 0.793. The minimum absolute atomic E-state index is 0.243. The molecule has 0 spiro atoms. The van der Waals surface area contributed by atoms with Gasteiger partial charge in [0.25, 0.3) is 0 Å². The van der Waals surface area contributed by atoms with Crippen LogP contribution in [0.5, 0.6) is 0 Å². The van der Waals surface area contributed by atoms with E-state index in [2.05, 4.69) is 21.2 Å². The summed E-state index contributed by atoms with van der Waals surface area (Å²) in [4.78, 5) is 11.4. The number of carbonyl (C=O) groups excluding carboxylic acids is 1. The predicted molar refractivity (Wildman–Crippen MR) is 69.4 cm³/mol. The Kier molecular flexibility index (Phi) is 6.00. The van der Waals surface area contributed by atoms with E-state index in [0.717, 1.165) is 6.42 Å². The number of furan rings is 1. The Balaban J connectivity index is 2.32. The Morgan fingerprint density at radius 3 is 3.00 bits per heavy atom. The van der Waals surface area contributed by atoms with Crippen molar-refractivity contribution in [3.05, 3.63) is 28.6 Å². The highest BCUT2D eigenvalue weighted by atomic mass is 79.9. The van der Waals surface area contributed by atoms with Crippen LogP contribution in [0.4, 0.5) is 0 Å². The fourth-order valence-corrected chi connectivity index (χ4v) is 1.61. The Labute approximate surface area is 109 Å². The van der Waals surface area contributed by atoms with Crippen LogP contribution < -0.4 is 5.32 Å². The van der Waals surface area contributed by atoms with E-state index in [1.165, 1.54) is 6.08 Å². The zero-order chi connectivity index (χ0) is 12.7. The molecule has 1 atom stereocenters. The van der Waals surface area contributed by atoms with Crippen LogP contribution >= 0.6 is 15.9 Å². The van der Waals surface area contributed by atoms with E-state index in [1.54, 1.807) is 18.2 Å². The van der Waals surface area contributed by atoms with Gasteiger partial charge in [-0.05, 0) is 40.6 Å². The molecule has 1 unspecified atom stereocenters. The average Bonchev–Trinajstić information content (AvgIpc) is 2.70. The maximum atomic E-state index is 11.4. The van der Waals surface area contributed by atoms with Gasteiger partial charge in [0, 0.05) is 12.6 Å². The van der Waals surface area contributed by atoms with E-state index < -0.39 is 6.10 Å². The molecule has 0 fully saturated rings. The highest BCUT2D eigenvalue weighted by molar-refractivity contribution is 9.10. The molecule has 1 rings (SSSR count). The SMILES string of the molecule is CCCC(O)CNC(=O)/C=C/c1ccc(Br)o1. The number of aliphatic hydroxyl groups excluding tert-OH is 1. The average molecular weight is 302 g/mol. The van der Waals surface area contributed by atoms with E-state index in [1.807, 2.05) is 6.92 Å². The summed E-state index contributed by atoms with van der Waals surface area (Å²) < 4.78 is 5.82. The molecule has 0 bridgehead atoms. The van der Waals surface area contributed by atoms with Crippen LogP contribution in [0.3, 0.4) is 0 Å². The van der Waals surface area contributed by atoms with Crippen LogP contribution in [-0.2, 0) is 4.79 Å². The minimum Gasteiger partial charge on any atom is -0.450 e. The summed E-state index contributed by atoms with van der Waals surface area (Å²) in [7, 11) is 0. The van der Waals surface area contributed by atoms with Gasteiger partial charge in [-0.1, -0.05) is 13.3 Å². The lowest BCUT2D eigenvalue weighted by Gasteiger charge is -2.08. The molecular formula is C12H16BrNO3. The van der Waals surface area contributed by atoms with Crippen molar-refractivity contribution >= 4 is 27.9 Å². The first-order chi connectivity index (χ1) is 8.11. The molecule has 5 heteroatoms. The van der Waals surface area contributed by atoms with E-state index in [9.17, 15) is 9.90 Å². The molecule has 0 aliphatic rings. The Bertz CT molecular complexity index is 387. The lowest BCUT2D eigenvalue weighted by molar-refractivity contribution is -0.116. The highest BCUT2D eigenvalue weighted by Crippen LogP contribution is 2.14. The van der Waals surface area contributed by atoms with Gasteiger partial charge in [0.1, 0.15) is 5.76 Å². The van der Waals surface area contributed by atoms with E-state index >= 15 is 0 Å². The first-order valence-electron chi connectivity index (χ1n) is 5.51. The summed E-state index contributed by atoms with van der Waals surface area (Å²) in [5.74, 6) is 0.355. The molecule has 0 saturated carbocycles. The first kappa shape index (κ1) is 14.0. The highest BCUT2D eigenvalue weighted by Gasteiger charge is 2.03. The number of hydrogen-bond acceptors (Lipinski definition) is 3. The Morgan fingerprint density at radius 2 is 2.41 bits per heavy atom. The standard InChI is InChI=1S/C12H16BrNO3/c1-2-3-9(15)8-14-12(16)7-5-10-4-6-11(13)17-10/h4-7,9,15H,2-3,8H2,1H3,(H,14,16)/b7-5+. The number of nitrogens with one attached hydrogen (secondary N) is 1. The van der Waals surface area contributed by atoms with Crippen LogP contribution in [0.2, 0.25) is 0 Å². The third-order valence-electron chi connectivity index (χ3n) is 2.13. The monoisotopic (exact) mass is 301 g/mol.